The van der Waals surface area contributed by atoms with E-state index in [9.17, 15) is 4.79 Å². The third-order valence-corrected chi connectivity index (χ3v) is 4.49. The molecule has 2 aromatic carbocycles. The Morgan fingerprint density at radius 1 is 1.12 bits per heavy atom. The Labute approximate surface area is 156 Å². The lowest BCUT2D eigenvalue weighted by molar-refractivity contribution is -0.129. The highest BCUT2D eigenvalue weighted by molar-refractivity contribution is 9.10. The number of nitrogens with zero attached hydrogens (tertiary/aromatic N) is 2. The number of esters is 1. The first-order chi connectivity index (χ1) is 12.1. The lowest BCUT2D eigenvalue weighted by Gasteiger charge is -2.21. The smallest absolute Gasteiger partial charge is 0.363 e. The Kier molecular flexibility index (Phi) is 5.34. The molecule has 4 nitrogen and oxygen atoms in total. The number of hydrogen-bond acceptors (Lipinski definition) is 4. The van der Waals surface area contributed by atoms with Gasteiger partial charge in [-0.2, -0.15) is 0 Å². The molecular formula is C20H19BrN2O2. The molecule has 0 fully saturated rings. The van der Waals surface area contributed by atoms with Crippen molar-refractivity contribution in [3.8, 4) is 0 Å². The molecule has 2 aromatic rings. The molecule has 1 heterocycles. The van der Waals surface area contributed by atoms with E-state index in [0.29, 0.717) is 11.6 Å². The van der Waals surface area contributed by atoms with Crippen LogP contribution in [0.5, 0.6) is 0 Å². The van der Waals surface area contributed by atoms with Gasteiger partial charge in [-0.3, -0.25) is 0 Å². The maximum Gasteiger partial charge on any atom is 0.363 e. The third-order valence-electron chi connectivity index (χ3n) is 3.99. The minimum absolute atomic E-state index is 0.312. The van der Waals surface area contributed by atoms with Gasteiger partial charge in [0.05, 0.1) is 0 Å². The summed E-state index contributed by atoms with van der Waals surface area (Å²) in [4.78, 5) is 18.8. The summed E-state index contributed by atoms with van der Waals surface area (Å²) in [7, 11) is 0. The number of benzene rings is 2. The first-order valence-corrected chi connectivity index (χ1v) is 9.03. The van der Waals surface area contributed by atoms with Crippen LogP contribution in [-0.4, -0.2) is 25.0 Å². The van der Waals surface area contributed by atoms with Crippen molar-refractivity contribution in [1.29, 1.82) is 0 Å². The maximum atomic E-state index is 12.2. The van der Waals surface area contributed by atoms with Crippen molar-refractivity contribution in [2.24, 2.45) is 4.99 Å². The number of anilines is 1. The number of cyclic esters (lactones) is 1. The van der Waals surface area contributed by atoms with E-state index in [1.165, 1.54) is 0 Å². The van der Waals surface area contributed by atoms with Crippen molar-refractivity contribution in [2.45, 2.75) is 13.8 Å². The van der Waals surface area contributed by atoms with Gasteiger partial charge >= 0.3 is 5.97 Å². The van der Waals surface area contributed by atoms with Gasteiger partial charge in [0.15, 0.2) is 5.70 Å². The van der Waals surface area contributed by atoms with Gasteiger partial charge in [-0.1, -0.05) is 34.1 Å². The molecule has 0 saturated carbocycles. The molecule has 0 bridgehead atoms. The van der Waals surface area contributed by atoms with Gasteiger partial charge in [0.25, 0.3) is 0 Å². The second-order valence-corrected chi connectivity index (χ2v) is 6.53. The van der Waals surface area contributed by atoms with Crippen LogP contribution in [0.4, 0.5) is 5.69 Å². The first-order valence-electron chi connectivity index (χ1n) is 8.24. The average molecular weight is 399 g/mol. The van der Waals surface area contributed by atoms with E-state index in [4.69, 9.17) is 4.74 Å². The molecule has 1 aliphatic rings. The lowest BCUT2D eigenvalue weighted by Crippen LogP contribution is -2.21. The van der Waals surface area contributed by atoms with Gasteiger partial charge in [0, 0.05) is 28.8 Å². The third kappa shape index (κ3) is 3.99. The second-order valence-electron chi connectivity index (χ2n) is 5.61. The van der Waals surface area contributed by atoms with Gasteiger partial charge in [-0.05, 0) is 55.8 Å². The van der Waals surface area contributed by atoms with E-state index in [1.54, 1.807) is 6.08 Å². The van der Waals surface area contributed by atoms with Crippen LogP contribution in [-0.2, 0) is 9.53 Å². The highest BCUT2D eigenvalue weighted by Crippen LogP contribution is 2.23. The van der Waals surface area contributed by atoms with Gasteiger partial charge in [0.1, 0.15) is 0 Å². The first kappa shape index (κ1) is 17.4. The molecule has 0 amide bonds. The minimum Gasteiger partial charge on any atom is -0.402 e. The molecule has 0 spiro atoms. The predicted octanol–water partition coefficient (Wildman–Crippen LogP) is 4.64. The molecule has 3 rings (SSSR count). The van der Waals surface area contributed by atoms with Crippen LogP contribution in [0.2, 0.25) is 0 Å². The fourth-order valence-corrected chi connectivity index (χ4v) is 3.11. The van der Waals surface area contributed by atoms with Crippen LogP contribution in [0.15, 0.2) is 63.7 Å². The van der Waals surface area contributed by atoms with Crippen molar-refractivity contribution >= 4 is 39.6 Å². The summed E-state index contributed by atoms with van der Waals surface area (Å²) in [6, 6.07) is 15.6. The molecule has 0 radical (unpaired) electrons. The molecule has 0 aromatic heterocycles. The van der Waals surface area contributed by atoms with Crippen molar-refractivity contribution < 1.29 is 9.53 Å². The van der Waals surface area contributed by atoms with Crippen LogP contribution in [0.25, 0.3) is 6.08 Å². The molecule has 25 heavy (non-hydrogen) atoms. The maximum absolute atomic E-state index is 12.2. The standard InChI is InChI=1S/C20H19BrN2O2/c1-3-23(4-2)17-10-5-7-14(11-17)12-18-20(24)25-19(22-18)15-8-6-9-16(21)13-15/h5-13H,3-4H2,1-2H3/b18-12-. The monoisotopic (exact) mass is 398 g/mol. The van der Waals surface area contributed by atoms with E-state index in [1.807, 2.05) is 36.4 Å². The van der Waals surface area contributed by atoms with E-state index in [2.05, 4.69) is 51.8 Å². The summed E-state index contributed by atoms with van der Waals surface area (Å²) in [6.07, 6.45) is 1.76. The summed E-state index contributed by atoms with van der Waals surface area (Å²) in [6.45, 7) is 6.11. The number of carbonyl (C=O) groups is 1. The topological polar surface area (TPSA) is 41.9 Å². The summed E-state index contributed by atoms with van der Waals surface area (Å²) in [5.41, 5.74) is 3.13. The van der Waals surface area contributed by atoms with Crippen molar-refractivity contribution in [3.05, 3.63) is 69.8 Å². The highest BCUT2D eigenvalue weighted by Gasteiger charge is 2.24. The molecule has 0 N–H and O–H groups in total. The Bertz CT molecular complexity index is 854. The quantitative estimate of drug-likeness (QED) is 0.544. The summed E-state index contributed by atoms with van der Waals surface area (Å²) in [5, 5.41) is 0. The van der Waals surface area contributed by atoms with Gasteiger partial charge < -0.3 is 9.64 Å². The van der Waals surface area contributed by atoms with Gasteiger partial charge in [0.2, 0.25) is 5.90 Å². The number of aliphatic imine (C=N–C) groups is 1. The summed E-state index contributed by atoms with van der Waals surface area (Å²) < 4.78 is 6.23. The Morgan fingerprint density at radius 3 is 2.60 bits per heavy atom. The number of halogens is 1. The zero-order valence-electron chi connectivity index (χ0n) is 14.2. The zero-order chi connectivity index (χ0) is 17.8. The molecule has 1 aliphatic heterocycles. The Hall–Kier alpha value is -2.40. The fraction of sp³-hybridized carbons (Fsp3) is 0.200. The van der Waals surface area contributed by atoms with E-state index < -0.39 is 5.97 Å². The lowest BCUT2D eigenvalue weighted by atomic mass is 10.1. The van der Waals surface area contributed by atoms with E-state index in [-0.39, 0.29) is 0 Å². The number of hydrogen-bond donors (Lipinski definition) is 0. The number of carbonyl (C=O) groups excluding carboxylic acids is 1. The van der Waals surface area contributed by atoms with Crippen LogP contribution < -0.4 is 4.90 Å². The molecular weight excluding hydrogens is 380 g/mol. The van der Waals surface area contributed by atoms with Crippen LogP contribution in [0.1, 0.15) is 25.0 Å². The number of rotatable bonds is 5. The van der Waals surface area contributed by atoms with Gasteiger partial charge in [-0.15, -0.1) is 0 Å². The summed E-state index contributed by atoms with van der Waals surface area (Å²) >= 11 is 3.41. The largest absolute Gasteiger partial charge is 0.402 e. The van der Waals surface area contributed by atoms with E-state index >= 15 is 0 Å². The Balaban J connectivity index is 1.91. The van der Waals surface area contributed by atoms with Crippen molar-refractivity contribution in [3.63, 3.8) is 0 Å². The fourth-order valence-electron chi connectivity index (χ4n) is 2.71. The van der Waals surface area contributed by atoms with Crippen molar-refractivity contribution in [1.82, 2.24) is 0 Å². The van der Waals surface area contributed by atoms with Gasteiger partial charge in [-0.25, -0.2) is 9.79 Å². The zero-order valence-corrected chi connectivity index (χ0v) is 15.8. The highest BCUT2D eigenvalue weighted by atomic mass is 79.9. The minimum atomic E-state index is -0.428. The van der Waals surface area contributed by atoms with Crippen molar-refractivity contribution in [2.75, 3.05) is 18.0 Å². The molecule has 0 atom stereocenters. The summed E-state index contributed by atoms with van der Waals surface area (Å²) in [5.74, 6) is -0.0966. The molecule has 128 valence electrons. The predicted molar refractivity (Wildman–Crippen MR) is 105 cm³/mol. The van der Waals surface area contributed by atoms with E-state index in [0.717, 1.165) is 34.4 Å². The SMILES string of the molecule is CCN(CC)c1cccc(/C=C2\N=C(c3cccc(Br)c3)OC2=O)c1. The Morgan fingerprint density at radius 2 is 1.88 bits per heavy atom. The molecule has 5 heteroatoms. The second kappa shape index (κ2) is 7.66. The molecule has 0 unspecified atom stereocenters. The van der Waals surface area contributed by atoms with Crippen LogP contribution >= 0.6 is 15.9 Å². The molecule has 0 saturated heterocycles. The number of ether oxygens (including phenoxy) is 1. The molecule has 0 aliphatic carbocycles. The van der Waals surface area contributed by atoms with Crippen LogP contribution in [0, 0.1) is 0 Å². The normalized spacial score (nSPS) is 15.2. The van der Waals surface area contributed by atoms with Crippen LogP contribution in [0.3, 0.4) is 0 Å². The average Bonchev–Trinajstić information content (AvgIpc) is 2.97.